The van der Waals surface area contributed by atoms with Crippen molar-refractivity contribution in [1.82, 2.24) is 24.8 Å². The minimum atomic E-state index is -0.421. The normalized spacial score (nSPS) is 16.5. The van der Waals surface area contributed by atoms with E-state index in [1.165, 1.54) is 11.5 Å². The summed E-state index contributed by atoms with van der Waals surface area (Å²) < 4.78 is 7.27. The second-order valence-corrected chi connectivity index (χ2v) is 7.03. The number of carbonyl (C=O) groups excluding carboxylic acids is 2. The number of aryl methyl sites for hydroxylation is 1. The first-order valence-electron chi connectivity index (χ1n) is 9.49. The minimum Gasteiger partial charge on any atom is -0.368 e. The fraction of sp³-hybridized carbons (Fsp3) is 0.450. The van der Waals surface area contributed by atoms with Crippen LogP contribution in [0.25, 0.3) is 0 Å². The molecule has 2 aromatic heterocycles. The Morgan fingerprint density at radius 1 is 1.31 bits per heavy atom. The van der Waals surface area contributed by atoms with Gasteiger partial charge in [0.15, 0.2) is 0 Å². The van der Waals surface area contributed by atoms with Crippen molar-refractivity contribution in [2.24, 2.45) is 7.05 Å². The predicted octanol–water partition coefficient (Wildman–Crippen LogP) is 0.376. The number of hydrogen-bond acceptors (Lipinski definition) is 6. The van der Waals surface area contributed by atoms with Gasteiger partial charge in [0.1, 0.15) is 11.7 Å². The predicted molar refractivity (Wildman–Crippen MR) is 105 cm³/mol. The molecule has 0 aromatic carbocycles. The molecule has 0 aliphatic carbocycles. The monoisotopic (exact) mass is 399 g/mol. The topological polar surface area (TPSA) is 106 Å². The third-order valence-corrected chi connectivity index (χ3v) is 4.93. The quantitative estimate of drug-likeness (QED) is 0.779. The summed E-state index contributed by atoms with van der Waals surface area (Å²) >= 11 is 0. The number of carbonyl (C=O) groups is 2. The first kappa shape index (κ1) is 20.7. The van der Waals surface area contributed by atoms with E-state index in [0.717, 1.165) is 11.4 Å². The summed E-state index contributed by atoms with van der Waals surface area (Å²) in [6.45, 7) is 4.80. The average Bonchev–Trinajstić information content (AvgIpc) is 2.72. The second-order valence-electron chi connectivity index (χ2n) is 7.03. The zero-order chi connectivity index (χ0) is 21.0. The van der Waals surface area contributed by atoms with Crippen LogP contribution >= 0.6 is 0 Å². The van der Waals surface area contributed by atoms with Gasteiger partial charge in [0.25, 0.3) is 11.5 Å². The molecule has 0 radical (unpaired) electrons. The van der Waals surface area contributed by atoms with E-state index in [4.69, 9.17) is 4.74 Å². The van der Waals surface area contributed by atoms with Crippen molar-refractivity contribution >= 4 is 11.8 Å². The molecule has 29 heavy (non-hydrogen) atoms. The van der Waals surface area contributed by atoms with Gasteiger partial charge in [0.05, 0.1) is 30.7 Å². The molecule has 1 N–H and O–H groups in total. The molecular weight excluding hydrogens is 374 g/mol. The first-order valence-corrected chi connectivity index (χ1v) is 9.49. The Balaban J connectivity index is 1.72. The molecule has 1 saturated heterocycles. The highest BCUT2D eigenvalue weighted by molar-refractivity contribution is 5.94. The number of aromatic nitrogens is 3. The fourth-order valence-corrected chi connectivity index (χ4v) is 3.14. The van der Waals surface area contributed by atoms with Gasteiger partial charge in [-0.3, -0.25) is 24.4 Å². The van der Waals surface area contributed by atoms with Crippen LogP contribution in [-0.2, 0) is 23.0 Å². The van der Waals surface area contributed by atoms with Gasteiger partial charge in [-0.2, -0.15) is 0 Å². The van der Waals surface area contributed by atoms with Crippen molar-refractivity contribution in [2.75, 3.05) is 26.2 Å². The van der Waals surface area contributed by atoms with Crippen LogP contribution in [0, 0.1) is 6.92 Å². The summed E-state index contributed by atoms with van der Waals surface area (Å²) in [6.07, 6.45) is 3.39. The molecule has 1 atom stereocenters. The Labute approximate surface area is 168 Å². The first-order chi connectivity index (χ1) is 13.9. The maximum absolute atomic E-state index is 12.9. The van der Waals surface area contributed by atoms with Crippen molar-refractivity contribution in [3.63, 3.8) is 0 Å². The Morgan fingerprint density at radius 3 is 2.86 bits per heavy atom. The van der Waals surface area contributed by atoms with Crippen LogP contribution in [0.3, 0.4) is 0 Å². The Bertz CT molecular complexity index is 972. The van der Waals surface area contributed by atoms with Crippen LogP contribution < -0.4 is 10.9 Å². The van der Waals surface area contributed by atoms with E-state index in [-0.39, 0.29) is 22.9 Å². The van der Waals surface area contributed by atoms with E-state index in [9.17, 15) is 14.4 Å². The number of rotatable bonds is 5. The smallest absolute Gasteiger partial charge is 0.263 e. The average molecular weight is 399 g/mol. The van der Waals surface area contributed by atoms with Gasteiger partial charge < -0.3 is 19.5 Å². The molecule has 1 aliphatic heterocycles. The Morgan fingerprint density at radius 2 is 2.10 bits per heavy atom. The molecule has 3 rings (SSSR count). The van der Waals surface area contributed by atoms with E-state index in [1.807, 2.05) is 6.92 Å². The molecule has 1 fully saturated rings. The zero-order valence-electron chi connectivity index (χ0n) is 16.8. The number of morpholine rings is 1. The second kappa shape index (κ2) is 8.95. The van der Waals surface area contributed by atoms with Gasteiger partial charge in [-0.15, -0.1) is 0 Å². The standard InChI is InChI=1S/C20H25N5O4/c1-13-4-5-16(19(27)24(13)3)20(28)25-8-9-29-18(12-25)17-11-21-10-15(23-17)6-7-22-14(2)26/h4-5,10-11,18H,6-9,12H2,1-3H3,(H,22,26). The van der Waals surface area contributed by atoms with E-state index in [2.05, 4.69) is 15.3 Å². The van der Waals surface area contributed by atoms with Crippen LogP contribution in [0.1, 0.15) is 40.5 Å². The maximum Gasteiger partial charge on any atom is 0.263 e. The van der Waals surface area contributed by atoms with E-state index < -0.39 is 6.10 Å². The van der Waals surface area contributed by atoms with E-state index in [0.29, 0.717) is 38.4 Å². The van der Waals surface area contributed by atoms with Gasteiger partial charge in [0.2, 0.25) is 5.91 Å². The van der Waals surface area contributed by atoms with Gasteiger partial charge in [-0.05, 0) is 19.1 Å². The summed E-state index contributed by atoms with van der Waals surface area (Å²) in [5.74, 6) is -0.408. The third kappa shape index (κ3) is 4.86. The highest BCUT2D eigenvalue weighted by atomic mass is 16.5. The summed E-state index contributed by atoms with van der Waals surface area (Å²) in [5.41, 5.74) is 1.99. The number of amides is 2. The van der Waals surface area contributed by atoms with Crippen LogP contribution in [0.4, 0.5) is 0 Å². The van der Waals surface area contributed by atoms with Crippen molar-refractivity contribution in [3.05, 3.63) is 57.5 Å². The third-order valence-electron chi connectivity index (χ3n) is 4.93. The lowest BCUT2D eigenvalue weighted by Crippen LogP contribution is -2.44. The lowest BCUT2D eigenvalue weighted by Gasteiger charge is -2.32. The van der Waals surface area contributed by atoms with Gasteiger partial charge in [-0.1, -0.05) is 0 Å². The van der Waals surface area contributed by atoms with Crippen molar-refractivity contribution in [2.45, 2.75) is 26.4 Å². The van der Waals surface area contributed by atoms with E-state index in [1.54, 1.807) is 36.5 Å². The summed E-state index contributed by atoms with van der Waals surface area (Å²) in [5, 5.41) is 2.72. The zero-order valence-corrected chi connectivity index (χ0v) is 16.8. The summed E-state index contributed by atoms with van der Waals surface area (Å²) in [4.78, 5) is 46.8. The van der Waals surface area contributed by atoms with Crippen molar-refractivity contribution in [3.8, 4) is 0 Å². The molecule has 0 bridgehead atoms. The number of nitrogens with zero attached hydrogens (tertiary/aromatic N) is 4. The molecule has 9 nitrogen and oxygen atoms in total. The van der Waals surface area contributed by atoms with Crippen LogP contribution in [0.15, 0.2) is 29.3 Å². The molecule has 2 aromatic rings. The molecule has 0 saturated carbocycles. The Hall–Kier alpha value is -3.07. The minimum absolute atomic E-state index is 0.0962. The van der Waals surface area contributed by atoms with Crippen molar-refractivity contribution in [1.29, 1.82) is 0 Å². The maximum atomic E-state index is 12.9. The van der Waals surface area contributed by atoms with Crippen LogP contribution in [-0.4, -0.2) is 57.5 Å². The molecular formula is C20H25N5O4. The largest absolute Gasteiger partial charge is 0.368 e. The van der Waals surface area contributed by atoms with Gasteiger partial charge in [-0.25, -0.2) is 0 Å². The van der Waals surface area contributed by atoms with E-state index >= 15 is 0 Å². The molecule has 0 spiro atoms. The van der Waals surface area contributed by atoms with Crippen LogP contribution in [0.5, 0.6) is 0 Å². The molecule has 1 unspecified atom stereocenters. The molecule has 9 heteroatoms. The molecule has 2 amide bonds. The highest BCUT2D eigenvalue weighted by Crippen LogP contribution is 2.21. The molecule has 1 aliphatic rings. The lowest BCUT2D eigenvalue weighted by molar-refractivity contribution is -0.118. The van der Waals surface area contributed by atoms with Gasteiger partial charge in [0, 0.05) is 45.4 Å². The highest BCUT2D eigenvalue weighted by Gasteiger charge is 2.28. The lowest BCUT2D eigenvalue weighted by atomic mass is 10.1. The number of ether oxygens (including phenoxy) is 1. The molecule has 154 valence electrons. The number of nitrogens with one attached hydrogen (secondary N) is 1. The van der Waals surface area contributed by atoms with Gasteiger partial charge >= 0.3 is 0 Å². The number of pyridine rings is 1. The number of hydrogen-bond donors (Lipinski definition) is 1. The summed E-state index contributed by atoms with van der Waals surface area (Å²) in [7, 11) is 1.65. The SMILES string of the molecule is CC(=O)NCCc1cncc(C2CN(C(=O)c3ccc(C)n(C)c3=O)CCO2)n1. The fourth-order valence-electron chi connectivity index (χ4n) is 3.14. The van der Waals surface area contributed by atoms with Crippen LogP contribution in [0.2, 0.25) is 0 Å². The van der Waals surface area contributed by atoms with Crippen molar-refractivity contribution < 1.29 is 14.3 Å². The Kier molecular flexibility index (Phi) is 6.38. The molecule has 3 heterocycles. The summed E-state index contributed by atoms with van der Waals surface area (Å²) in [6, 6.07) is 3.34.